The van der Waals surface area contributed by atoms with Crippen LogP contribution in [0.1, 0.15) is 58.2 Å². The number of phenolic OH excluding ortho intramolecular Hbond substituents is 1. The van der Waals surface area contributed by atoms with E-state index in [0.29, 0.717) is 5.75 Å². The van der Waals surface area contributed by atoms with E-state index in [-0.39, 0.29) is 17.0 Å². The maximum Gasteiger partial charge on any atom is 0.333 e. The molecule has 0 bridgehead atoms. The molecule has 1 atom stereocenters. The van der Waals surface area contributed by atoms with Crippen molar-refractivity contribution in [1.29, 1.82) is 0 Å². The highest BCUT2D eigenvalue weighted by atomic mass is 31.2. The Morgan fingerprint density at radius 2 is 1.46 bits per heavy atom. The molecular formula is C20H33O5P. The Kier molecular flexibility index (Phi) is 7.28. The van der Waals surface area contributed by atoms with Crippen molar-refractivity contribution in [3.8, 4) is 5.75 Å². The summed E-state index contributed by atoms with van der Waals surface area (Å²) in [6.45, 7) is 12.3. The number of benzene rings is 1. The molecule has 0 aliphatic carbocycles. The van der Waals surface area contributed by atoms with Gasteiger partial charge in [0.1, 0.15) is 5.75 Å². The van der Waals surface area contributed by atoms with Gasteiger partial charge in [0, 0.05) is 25.3 Å². The van der Waals surface area contributed by atoms with Crippen molar-refractivity contribution >= 4 is 13.7 Å². The topological polar surface area (TPSA) is 76.0 Å². The van der Waals surface area contributed by atoms with Gasteiger partial charge in [-0.05, 0) is 28.5 Å². The van der Waals surface area contributed by atoms with Gasteiger partial charge in [0.25, 0.3) is 0 Å². The largest absolute Gasteiger partial charge is 0.507 e. The normalized spacial score (nSPS) is 14.8. The molecule has 0 aliphatic heterocycles. The summed E-state index contributed by atoms with van der Waals surface area (Å²) in [5.74, 6) is 0.311. The molecule has 0 radical (unpaired) electrons. The second-order valence-electron chi connectivity index (χ2n) is 8.55. The minimum absolute atomic E-state index is 0.118. The number of aromatic hydroxyl groups is 1. The highest BCUT2D eigenvalue weighted by Crippen LogP contribution is 2.47. The molecule has 0 aliphatic rings. The van der Waals surface area contributed by atoms with Gasteiger partial charge < -0.3 is 19.3 Å². The summed E-state index contributed by atoms with van der Waals surface area (Å²) in [5, 5.41) is 20.9. The van der Waals surface area contributed by atoms with Crippen molar-refractivity contribution in [3.63, 3.8) is 0 Å². The third-order valence-corrected chi connectivity index (χ3v) is 6.16. The van der Waals surface area contributed by atoms with E-state index in [1.165, 1.54) is 14.2 Å². The summed E-state index contributed by atoms with van der Waals surface area (Å²) in [5.41, 5.74) is 2.10. The summed E-state index contributed by atoms with van der Waals surface area (Å²) in [4.78, 5) is 0. The molecule has 2 N–H and O–H groups in total. The Bertz CT molecular complexity index is 652. The molecule has 0 amide bonds. The molecule has 148 valence electrons. The lowest BCUT2D eigenvalue weighted by Gasteiger charge is -2.28. The number of phenols is 1. The molecule has 5 nitrogen and oxygen atoms in total. The Hall–Kier alpha value is -1.13. The predicted molar refractivity (Wildman–Crippen MR) is 107 cm³/mol. The lowest BCUT2D eigenvalue weighted by Crippen LogP contribution is -2.17. The van der Waals surface area contributed by atoms with Gasteiger partial charge in [-0.15, -0.1) is 0 Å². The van der Waals surface area contributed by atoms with Crippen LogP contribution in [-0.4, -0.2) is 36.7 Å². The maximum absolute atomic E-state index is 12.1. The molecule has 0 fully saturated rings. The molecule has 1 rings (SSSR count). The Labute approximate surface area is 157 Å². The van der Waals surface area contributed by atoms with E-state index in [1.807, 2.05) is 53.7 Å². The molecule has 0 heterocycles. The van der Waals surface area contributed by atoms with E-state index < -0.39 is 13.7 Å². The van der Waals surface area contributed by atoms with Gasteiger partial charge in [0.05, 0.1) is 12.3 Å². The van der Waals surface area contributed by atoms with Gasteiger partial charge in [-0.3, -0.25) is 4.57 Å². The molecule has 0 saturated carbocycles. The fraction of sp³-hybridized carbons (Fsp3) is 0.600. The SMILES string of the molecule is COP(=O)(CC(O)/C=C/c1cc(C(C)(C)C)c(O)c(C(C)(C)C)c1)OC. The quantitative estimate of drug-likeness (QED) is 0.686. The third-order valence-electron chi connectivity index (χ3n) is 4.23. The minimum atomic E-state index is -3.28. The van der Waals surface area contributed by atoms with Crippen LogP contribution < -0.4 is 0 Å². The zero-order valence-electron chi connectivity index (χ0n) is 17.2. The third kappa shape index (κ3) is 5.95. The number of hydrogen-bond acceptors (Lipinski definition) is 5. The van der Waals surface area contributed by atoms with Crippen LogP contribution in [-0.2, 0) is 24.4 Å². The standard InChI is InChI=1S/C20H33O5P/c1-19(2,3)16-11-14(12-17(18(16)22)20(4,5)6)9-10-15(21)13-26(23,24-7)25-8/h9-12,15,21-22H,13H2,1-8H3/b10-9+. The first-order chi connectivity index (χ1) is 11.7. The van der Waals surface area contributed by atoms with Gasteiger partial charge in [0.15, 0.2) is 0 Å². The van der Waals surface area contributed by atoms with Crippen molar-refractivity contribution in [2.75, 3.05) is 20.4 Å². The zero-order chi connectivity index (χ0) is 20.3. The molecule has 1 aromatic rings. The van der Waals surface area contributed by atoms with Crippen molar-refractivity contribution in [3.05, 3.63) is 34.9 Å². The average molecular weight is 384 g/mol. The summed E-state index contributed by atoms with van der Waals surface area (Å²) in [6, 6.07) is 3.83. The van der Waals surface area contributed by atoms with Crippen LogP contribution in [0.25, 0.3) is 6.08 Å². The molecule has 0 spiro atoms. The maximum atomic E-state index is 12.1. The molecule has 0 saturated heterocycles. The Morgan fingerprint density at radius 1 is 1.04 bits per heavy atom. The molecule has 26 heavy (non-hydrogen) atoms. The smallest absolute Gasteiger partial charge is 0.333 e. The first-order valence-electron chi connectivity index (χ1n) is 8.68. The summed E-state index contributed by atoms with van der Waals surface area (Å²) in [6.07, 6.45) is 2.25. The second-order valence-corrected chi connectivity index (χ2v) is 10.9. The van der Waals surface area contributed by atoms with Crippen LogP contribution in [0.2, 0.25) is 0 Å². The van der Waals surface area contributed by atoms with Crippen LogP contribution in [0.15, 0.2) is 18.2 Å². The molecule has 6 heteroatoms. The summed E-state index contributed by atoms with van der Waals surface area (Å²) in [7, 11) is -0.685. The number of aliphatic hydroxyl groups is 1. The Morgan fingerprint density at radius 3 is 1.81 bits per heavy atom. The van der Waals surface area contributed by atoms with Gasteiger partial charge in [-0.2, -0.15) is 0 Å². The zero-order valence-corrected chi connectivity index (χ0v) is 18.1. The van der Waals surface area contributed by atoms with E-state index in [0.717, 1.165) is 16.7 Å². The summed E-state index contributed by atoms with van der Waals surface area (Å²) >= 11 is 0. The van der Waals surface area contributed by atoms with Crippen LogP contribution in [0.4, 0.5) is 0 Å². The lowest BCUT2D eigenvalue weighted by atomic mass is 9.78. The molecule has 1 aromatic carbocycles. The number of rotatable bonds is 6. The van der Waals surface area contributed by atoms with Crippen LogP contribution >= 0.6 is 7.60 Å². The number of aliphatic hydroxyl groups excluding tert-OH is 1. The molecule has 1 unspecified atom stereocenters. The van der Waals surface area contributed by atoms with E-state index in [2.05, 4.69) is 0 Å². The first kappa shape index (κ1) is 22.9. The van der Waals surface area contributed by atoms with Crippen LogP contribution in [0.3, 0.4) is 0 Å². The Balaban J connectivity index is 3.27. The van der Waals surface area contributed by atoms with Crippen molar-refractivity contribution in [1.82, 2.24) is 0 Å². The minimum Gasteiger partial charge on any atom is -0.507 e. The van der Waals surface area contributed by atoms with Crippen LogP contribution in [0, 0.1) is 0 Å². The average Bonchev–Trinajstić information content (AvgIpc) is 2.51. The second kappa shape index (κ2) is 8.26. The van der Waals surface area contributed by atoms with Crippen molar-refractivity contribution in [2.45, 2.75) is 58.5 Å². The lowest BCUT2D eigenvalue weighted by molar-refractivity contribution is 0.219. The first-order valence-corrected chi connectivity index (χ1v) is 10.4. The van der Waals surface area contributed by atoms with Gasteiger partial charge >= 0.3 is 7.60 Å². The van der Waals surface area contributed by atoms with Gasteiger partial charge in [-0.25, -0.2) is 0 Å². The fourth-order valence-corrected chi connectivity index (χ4v) is 3.66. The fourth-order valence-electron chi connectivity index (χ4n) is 2.63. The highest BCUT2D eigenvalue weighted by molar-refractivity contribution is 7.53. The molecular weight excluding hydrogens is 351 g/mol. The van der Waals surface area contributed by atoms with E-state index in [9.17, 15) is 14.8 Å². The van der Waals surface area contributed by atoms with Crippen molar-refractivity contribution < 1.29 is 23.8 Å². The predicted octanol–water partition coefficient (Wildman–Crippen LogP) is 4.85. The van der Waals surface area contributed by atoms with E-state index >= 15 is 0 Å². The number of hydrogen-bond donors (Lipinski definition) is 2. The highest BCUT2D eigenvalue weighted by Gasteiger charge is 2.27. The summed E-state index contributed by atoms with van der Waals surface area (Å²) < 4.78 is 21.8. The van der Waals surface area contributed by atoms with Crippen molar-refractivity contribution in [2.24, 2.45) is 0 Å². The van der Waals surface area contributed by atoms with Crippen LogP contribution in [0.5, 0.6) is 5.75 Å². The van der Waals surface area contributed by atoms with E-state index in [1.54, 1.807) is 12.2 Å². The van der Waals surface area contributed by atoms with Gasteiger partial charge in [-0.1, -0.05) is 53.7 Å². The van der Waals surface area contributed by atoms with E-state index in [4.69, 9.17) is 9.05 Å². The monoisotopic (exact) mass is 384 g/mol. The molecule has 0 aromatic heterocycles. The van der Waals surface area contributed by atoms with Gasteiger partial charge in [0.2, 0.25) is 0 Å².